The number of nitrogens with one attached hydrogen (secondary N) is 1. The molecule has 1 aliphatic rings. The Kier molecular flexibility index (Phi) is 3.48. The van der Waals surface area contributed by atoms with Gasteiger partial charge in [0.15, 0.2) is 0 Å². The van der Waals surface area contributed by atoms with Crippen molar-refractivity contribution in [3.05, 3.63) is 63.7 Å². The number of nitro groups is 1. The minimum atomic E-state index is -0.362. The van der Waals surface area contributed by atoms with Gasteiger partial charge in [-0.15, -0.1) is 0 Å². The van der Waals surface area contributed by atoms with E-state index in [2.05, 4.69) is 5.32 Å². The molecule has 2 aromatic carbocycles. The Balaban J connectivity index is 1.68. The summed E-state index contributed by atoms with van der Waals surface area (Å²) in [7, 11) is 0. The number of aryl methyl sites for hydroxylation is 1. The van der Waals surface area contributed by atoms with Gasteiger partial charge in [0.1, 0.15) is 17.5 Å². The van der Waals surface area contributed by atoms with E-state index in [9.17, 15) is 10.1 Å². The van der Waals surface area contributed by atoms with Crippen LogP contribution in [0.15, 0.2) is 42.5 Å². The van der Waals surface area contributed by atoms with E-state index in [-0.39, 0.29) is 16.7 Å². The number of hydrogen-bond acceptors (Lipinski definition) is 4. The number of rotatable bonds is 4. The van der Waals surface area contributed by atoms with Crippen molar-refractivity contribution in [3.8, 4) is 5.75 Å². The Labute approximate surface area is 122 Å². The SMILES string of the molecule is Cc1ccc(NCC2Cc3ccccc3O2)c([N+](=O)[O-])c1. The lowest BCUT2D eigenvalue weighted by Crippen LogP contribution is -2.24. The van der Waals surface area contributed by atoms with Gasteiger partial charge < -0.3 is 10.1 Å². The minimum absolute atomic E-state index is 0.00306. The third kappa shape index (κ3) is 2.81. The van der Waals surface area contributed by atoms with Gasteiger partial charge in [0.25, 0.3) is 5.69 Å². The Morgan fingerprint density at radius 1 is 1.33 bits per heavy atom. The average Bonchev–Trinajstić information content (AvgIpc) is 2.88. The molecular weight excluding hydrogens is 268 g/mol. The summed E-state index contributed by atoms with van der Waals surface area (Å²) in [4.78, 5) is 10.7. The summed E-state index contributed by atoms with van der Waals surface area (Å²) in [6, 6.07) is 13.1. The first-order valence-corrected chi connectivity index (χ1v) is 6.87. The zero-order chi connectivity index (χ0) is 14.8. The molecule has 0 bridgehead atoms. The molecule has 21 heavy (non-hydrogen) atoms. The second kappa shape index (κ2) is 5.44. The molecule has 5 nitrogen and oxygen atoms in total. The first kappa shape index (κ1) is 13.4. The first-order chi connectivity index (χ1) is 10.1. The summed E-state index contributed by atoms with van der Waals surface area (Å²) in [6.45, 7) is 2.38. The van der Waals surface area contributed by atoms with Crippen molar-refractivity contribution < 1.29 is 9.66 Å². The van der Waals surface area contributed by atoms with Crippen LogP contribution in [0.25, 0.3) is 0 Å². The molecule has 1 unspecified atom stereocenters. The van der Waals surface area contributed by atoms with Gasteiger partial charge in [0.05, 0.1) is 11.5 Å². The number of para-hydroxylation sites is 1. The number of hydrogen-bond donors (Lipinski definition) is 1. The van der Waals surface area contributed by atoms with E-state index in [0.717, 1.165) is 17.7 Å². The van der Waals surface area contributed by atoms with Crippen molar-refractivity contribution in [3.63, 3.8) is 0 Å². The molecule has 0 fully saturated rings. The minimum Gasteiger partial charge on any atom is -0.488 e. The highest BCUT2D eigenvalue weighted by Gasteiger charge is 2.23. The molecule has 3 rings (SSSR count). The van der Waals surface area contributed by atoms with Crippen molar-refractivity contribution >= 4 is 11.4 Å². The lowest BCUT2D eigenvalue weighted by atomic mass is 10.1. The first-order valence-electron chi connectivity index (χ1n) is 6.87. The van der Waals surface area contributed by atoms with Gasteiger partial charge in [0, 0.05) is 12.5 Å². The lowest BCUT2D eigenvalue weighted by molar-refractivity contribution is -0.384. The largest absolute Gasteiger partial charge is 0.488 e. The number of ether oxygens (including phenoxy) is 1. The highest BCUT2D eigenvalue weighted by atomic mass is 16.6. The fourth-order valence-corrected chi connectivity index (χ4v) is 2.53. The highest BCUT2D eigenvalue weighted by Crippen LogP contribution is 2.29. The molecule has 0 aliphatic carbocycles. The summed E-state index contributed by atoms with van der Waals surface area (Å²) in [5.74, 6) is 0.905. The maximum Gasteiger partial charge on any atom is 0.292 e. The van der Waals surface area contributed by atoms with Crippen LogP contribution in [0.5, 0.6) is 5.75 Å². The molecule has 0 amide bonds. The van der Waals surface area contributed by atoms with Crippen LogP contribution in [0.1, 0.15) is 11.1 Å². The quantitative estimate of drug-likeness (QED) is 0.691. The van der Waals surface area contributed by atoms with Crippen LogP contribution < -0.4 is 10.1 Å². The molecule has 0 aromatic heterocycles. The number of fused-ring (bicyclic) bond motifs is 1. The van der Waals surface area contributed by atoms with E-state index in [1.54, 1.807) is 12.1 Å². The van der Waals surface area contributed by atoms with E-state index < -0.39 is 0 Å². The van der Waals surface area contributed by atoms with Gasteiger partial charge in [0.2, 0.25) is 0 Å². The van der Waals surface area contributed by atoms with Gasteiger partial charge >= 0.3 is 0 Å². The molecule has 5 heteroatoms. The van der Waals surface area contributed by atoms with Crippen LogP contribution in [-0.4, -0.2) is 17.6 Å². The predicted octanol–water partition coefficient (Wildman–Crippen LogP) is 3.32. The van der Waals surface area contributed by atoms with Crippen molar-refractivity contribution in [2.45, 2.75) is 19.4 Å². The standard InChI is InChI=1S/C16H16N2O3/c1-11-6-7-14(15(8-11)18(19)20)17-10-13-9-12-4-2-3-5-16(12)21-13/h2-8,13,17H,9-10H2,1H3. The molecule has 0 spiro atoms. The Morgan fingerprint density at radius 2 is 2.14 bits per heavy atom. The summed E-state index contributed by atoms with van der Waals surface area (Å²) in [5, 5.41) is 14.2. The Morgan fingerprint density at radius 3 is 2.90 bits per heavy atom. The molecule has 1 aliphatic heterocycles. The number of benzene rings is 2. The van der Waals surface area contributed by atoms with Crippen molar-refractivity contribution in [2.24, 2.45) is 0 Å². The molecule has 1 N–H and O–H groups in total. The summed E-state index contributed by atoms with van der Waals surface area (Å²) in [6.07, 6.45) is 0.825. The van der Waals surface area contributed by atoms with Crippen LogP contribution >= 0.6 is 0 Å². The van der Waals surface area contributed by atoms with Crippen LogP contribution in [0, 0.1) is 17.0 Å². The van der Waals surface area contributed by atoms with Gasteiger partial charge in [-0.2, -0.15) is 0 Å². The number of anilines is 1. The fourth-order valence-electron chi connectivity index (χ4n) is 2.53. The smallest absolute Gasteiger partial charge is 0.292 e. The van der Waals surface area contributed by atoms with Gasteiger partial charge in [-0.3, -0.25) is 10.1 Å². The zero-order valence-electron chi connectivity index (χ0n) is 11.7. The molecule has 108 valence electrons. The molecular formula is C16H16N2O3. The zero-order valence-corrected chi connectivity index (χ0v) is 11.7. The van der Waals surface area contributed by atoms with Crippen molar-refractivity contribution in [1.82, 2.24) is 0 Å². The van der Waals surface area contributed by atoms with Crippen LogP contribution in [-0.2, 0) is 6.42 Å². The van der Waals surface area contributed by atoms with Crippen LogP contribution in [0.2, 0.25) is 0 Å². The number of nitrogens with zero attached hydrogens (tertiary/aromatic N) is 1. The summed E-state index contributed by atoms with van der Waals surface area (Å²) >= 11 is 0. The molecule has 0 radical (unpaired) electrons. The normalized spacial score (nSPS) is 16.1. The van der Waals surface area contributed by atoms with E-state index in [4.69, 9.17) is 4.74 Å². The third-order valence-corrected chi connectivity index (χ3v) is 3.58. The van der Waals surface area contributed by atoms with Gasteiger partial charge in [-0.25, -0.2) is 0 Å². The van der Waals surface area contributed by atoms with E-state index in [1.165, 1.54) is 5.56 Å². The van der Waals surface area contributed by atoms with Crippen molar-refractivity contribution in [2.75, 3.05) is 11.9 Å². The second-order valence-electron chi connectivity index (χ2n) is 5.21. The molecule has 0 saturated carbocycles. The van der Waals surface area contributed by atoms with E-state index in [1.807, 2.05) is 37.3 Å². The van der Waals surface area contributed by atoms with Crippen LogP contribution in [0.3, 0.4) is 0 Å². The fraction of sp³-hybridized carbons (Fsp3) is 0.250. The maximum absolute atomic E-state index is 11.1. The van der Waals surface area contributed by atoms with Gasteiger partial charge in [-0.1, -0.05) is 24.3 Å². The maximum atomic E-state index is 11.1. The third-order valence-electron chi connectivity index (χ3n) is 3.58. The van der Waals surface area contributed by atoms with E-state index in [0.29, 0.717) is 12.2 Å². The lowest BCUT2D eigenvalue weighted by Gasteiger charge is -2.13. The average molecular weight is 284 g/mol. The van der Waals surface area contributed by atoms with Crippen LogP contribution in [0.4, 0.5) is 11.4 Å². The molecule has 0 saturated heterocycles. The molecule has 1 heterocycles. The summed E-state index contributed by atoms with van der Waals surface area (Å²) < 4.78 is 5.82. The Hall–Kier alpha value is -2.56. The second-order valence-corrected chi connectivity index (χ2v) is 5.21. The summed E-state index contributed by atoms with van der Waals surface area (Å²) in [5.41, 5.74) is 2.69. The Bertz CT molecular complexity index is 660. The number of nitro benzene ring substituents is 1. The predicted molar refractivity (Wildman–Crippen MR) is 80.9 cm³/mol. The van der Waals surface area contributed by atoms with E-state index >= 15 is 0 Å². The molecule has 2 aromatic rings. The van der Waals surface area contributed by atoms with Crippen molar-refractivity contribution in [1.29, 1.82) is 0 Å². The molecule has 1 atom stereocenters. The topological polar surface area (TPSA) is 64.4 Å². The highest BCUT2D eigenvalue weighted by molar-refractivity contribution is 5.62. The van der Waals surface area contributed by atoms with Gasteiger partial charge in [-0.05, 0) is 30.2 Å². The monoisotopic (exact) mass is 284 g/mol.